The lowest BCUT2D eigenvalue weighted by Crippen LogP contribution is -2.20. The van der Waals surface area contributed by atoms with E-state index >= 15 is 0 Å². The van der Waals surface area contributed by atoms with Crippen LogP contribution in [-0.4, -0.2) is 18.0 Å². The molecule has 2 amide bonds. The van der Waals surface area contributed by atoms with Crippen LogP contribution in [0.2, 0.25) is 0 Å². The van der Waals surface area contributed by atoms with Crippen LogP contribution >= 0.6 is 15.9 Å². The molecule has 2 aromatic carbocycles. The molecule has 0 aliphatic rings. The van der Waals surface area contributed by atoms with Gasteiger partial charge in [-0.25, -0.2) is 5.43 Å². The lowest BCUT2D eigenvalue weighted by atomic mass is 10.1. The van der Waals surface area contributed by atoms with Crippen molar-refractivity contribution in [2.24, 2.45) is 5.10 Å². The first-order chi connectivity index (χ1) is 11.9. The molecular formula is C19H20BrN3O2. The van der Waals surface area contributed by atoms with Gasteiger partial charge in [0.15, 0.2) is 0 Å². The highest BCUT2D eigenvalue weighted by molar-refractivity contribution is 9.10. The monoisotopic (exact) mass is 401 g/mol. The summed E-state index contributed by atoms with van der Waals surface area (Å²) in [5, 5.41) is 6.67. The number of nitrogens with zero attached hydrogens (tertiary/aromatic N) is 1. The van der Waals surface area contributed by atoms with E-state index in [0.29, 0.717) is 0 Å². The van der Waals surface area contributed by atoms with Crippen LogP contribution in [0.15, 0.2) is 52.0 Å². The molecule has 2 aromatic rings. The van der Waals surface area contributed by atoms with Gasteiger partial charge in [-0.3, -0.25) is 9.59 Å². The third-order valence-corrected chi connectivity index (χ3v) is 4.17. The molecule has 0 saturated carbocycles. The van der Waals surface area contributed by atoms with Crippen molar-refractivity contribution in [1.82, 2.24) is 5.43 Å². The van der Waals surface area contributed by atoms with Gasteiger partial charge in [0, 0.05) is 23.0 Å². The number of benzene rings is 2. The number of halogens is 1. The Labute approximate surface area is 155 Å². The molecule has 0 aliphatic heterocycles. The van der Waals surface area contributed by atoms with Crippen molar-refractivity contribution in [3.63, 3.8) is 0 Å². The number of rotatable bonds is 6. The Kier molecular flexibility index (Phi) is 6.89. The summed E-state index contributed by atoms with van der Waals surface area (Å²) in [5.74, 6) is -0.501. The van der Waals surface area contributed by atoms with Crippen LogP contribution in [0, 0.1) is 13.8 Å². The van der Waals surface area contributed by atoms with E-state index in [1.54, 1.807) is 6.21 Å². The minimum Gasteiger partial charge on any atom is -0.326 e. The SMILES string of the molecule is Cc1ccc(NC(=O)CCC(=O)N/N=C\c2ccc(Br)cc2)cc1C. The van der Waals surface area contributed by atoms with Crippen molar-refractivity contribution in [2.75, 3.05) is 5.32 Å². The van der Waals surface area contributed by atoms with Gasteiger partial charge >= 0.3 is 0 Å². The van der Waals surface area contributed by atoms with Crippen LogP contribution in [0.3, 0.4) is 0 Å². The second kappa shape index (κ2) is 9.13. The largest absolute Gasteiger partial charge is 0.326 e. The molecule has 0 heterocycles. The number of hydrogen-bond acceptors (Lipinski definition) is 3. The first-order valence-corrected chi connectivity index (χ1v) is 8.68. The highest BCUT2D eigenvalue weighted by Gasteiger charge is 2.07. The third kappa shape index (κ3) is 6.51. The minimum atomic E-state index is -0.302. The molecular weight excluding hydrogens is 382 g/mol. The molecule has 2 N–H and O–H groups in total. The molecule has 0 spiro atoms. The molecule has 0 fully saturated rings. The molecule has 5 nitrogen and oxygen atoms in total. The molecule has 0 aliphatic carbocycles. The van der Waals surface area contributed by atoms with Gasteiger partial charge in [0.2, 0.25) is 11.8 Å². The van der Waals surface area contributed by atoms with Gasteiger partial charge in [-0.05, 0) is 54.8 Å². The summed E-state index contributed by atoms with van der Waals surface area (Å²) < 4.78 is 0.975. The smallest absolute Gasteiger partial charge is 0.240 e. The maximum absolute atomic E-state index is 11.9. The zero-order chi connectivity index (χ0) is 18.2. The summed E-state index contributed by atoms with van der Waals surface area (Å²) in [6.07, 6.45) is 1.74. The number of carbonyl (C=O) groups is 2. The summed E-state index contributed by atoms with van der Waals surface area (Å²) in [5.41, 5.74) is 6.31. The maximum atomic E-state index is 11.9. The average molecular weight is 402 g/mol. The standard InChI is InChI=1S/C19H20BrN3O2/c1-13-3-8-17(11-14(13)2)22-18(24)9-10-19(25)23-21-12-15-4-6-16(20)7-5-15/h3-8,11-12H,9-10H2,1-2H3,(H,22,24)(H,23,25)/b21-12-. The number of nitrogens with one attached hydrogen (secondary N) is 2. The molecule has 130 valence electrons. The Bertz CT molecular complexity index is 786. The number of hydrazone groups is 1. The molecule has 6 heteroatoms. The molecule has 0 aromatic heterocycles. The Hall–Kier alpha value is -2.47. The molecule has 0 saturated heterocycles. The molecule has 2 rings (SSSR count). The van der Waals surface area contributed by atoms with Gasteiger partial charge < -0.3 is 5.32 Å². The van der Waals surface area contributed by atoms with Crippen LogP contribution in [0.25, 0.3) is 0 Å². The molecule has 0 radical (unpaired) electrons. The maximum Gasteiger partial charge on any atom is 0.240 e. The quantitative estimate of drug-likeness (QED) is 0.568. The predicted octanol–water partition coefficient (Wildman–Crippen LogP) is 3.93. The van der Waals surface area contributed by atoms with Crippen molar-refractivity contribution in [3.8, 4) is 0 Å². The Morgan fingerprint density at radius 3 is 2.36 bits per heavy atom. The number of hydrogen-bond donors (Lipinski definition) is 2. The van der Waals surface area contributed by atoms with E-state index in [1.165, 1.54) is 5.56 Å². The molecule has 25 heavy (non-hydrogen) atoms. The fourth-order valence-corrected chi connectivity index (χ4v) is 2.32. The highest BCUT2D eigenvalue weighted by atomic mass is 79.9. The zero-order valence-corrected chi connectivity index (χ0v) is 15.8. The van der Waals surface area contributed by atoms with Gasteiger partial charge in [-0.15, -0.1) is 0 Å². The summed E-state index contributed by atoms with van der Waals surface area (Å²) >= 11 is 3.35. The summed E-state index contributed by atoms with van der Waals surface area (Å²) in [6.45, 7) is 4.00. The van der Waals surface area contributed by atoms with E-state index < -0.39 is 0 Å². The van der Waals surface area contributed by atoms with Crippen molar-refractivity contribution < 1.29 is 9.59 Å². The lowest BCUT2D eigenvalue weighted by molar-refractivity contribution is -0.124. The molecule has 0 bridgehead atoms. The minimum absolute atomic E-state index is 0.0777. The fourth-order valence-electron chi connectivity index (χ4n) is 2.05. The van der Waals surface area contributed by atoms with Crippen molar-refractivity contribution in [1.29, 1.82) is 0 Å². The average Bonchev–Trinajstić information content (AvgIpc) is 2.58. The lowest BCUT2D eigenvalue weighted by Gasteiger charge is -2.07. The number of aryl methyl sites for hydroxylation is 2. The number of anilines is 1. The second-order valence-corrected chi connectivity index (χ2v) is 6.61. The first kappa shape index (κ1) is 18.9. The van der Waals surface area contributed by atoms with Crippen LogP contribution < -0.4 is 10.7 Å². The van der Waals surface area contributed by atoms with Crippen LogP contribution in [0.1, 0.15) is 29.5 Å². The molecule has 0 atom stereocenters. The second-order valence-electron chi connectivity index (χ2n) is 5.69. The van der Waals surface area contributed by atoms with E-state index in [-0.39, 0.29) is 24.7 Å². The van der Waals surface area contributed by atoms with Gasteiger partial charge in [-0.1, -0.05) is 34.1 Å². The Morgan fingerprint density at radius 1 is 1.00 bits per heavy atom. The van der Waals surface area contributed by atoms with E-state index in [1.807, 2.05) is 56.3 Å². The molecule has 0 unspecified atom stereocenters. The van der Waals surface area contributed by atoms with Crippen molar-refractivity contribution in [3.05, 3.63) is 63.6 Å². The van der Waals surface area contributed by atoms with Crippen molar-refractivity contribution in [2.45, 2.75) is 26.7 Å². The topological polar surface area (TPSA) is 70.6 Å². The Balaban J connectivity index is 1.74. The highest BCUT2D eigenvalue weighted by Crippen LogP contribution is 2.14. The van der Waals surface area contributed by atoms with Crippen LogP contribution in [0.4, 0.5) is 5.69 Å². The number of carbonyl (C=O) groups excluding carboxylic acids is 2. The van der Waals surface area contributed by atoms with Gasteiger partial charge in [0.25, 0.3) is 0 Å². The van der Waals surface area contributed by atoms with E-state index in [2.05, 4.69) is 31.8 Å². The normalized spacial score (nSPS) is 10.7. The van der Waals surface area contributed by atoms with E-state index in [0.717, 1.165) is 21.3 Å². The van der Waals surface area contributed by atoms with Crippen molar-refractivity contribution >= 4 is 39.6 Å². The zero-order valence-electron chi connectivity index (χ0n) is 14.2. The van der Waals surface area contributed by atoms with Crippen LogP contribution in [-0.2, 0) is 9.59 Å². The van der Waals surface area contributed by atoms with Gasteiger partial charge in [-0.2, -0.15) is 5.10 Å². The van der Waals surface area contributed by atoms with E-state index in [9.17, 15) is 9.59 Å². The van der Waals surface area contributed by atoms with Gasteiger partial charge in [0.1, 0.15) is 0 Å². The van der Waals surface area contributed by atoms with E-state index in [4.69, 9.17) is 0 Å². The summed E-state index contributed by atoms with van der Waals surface area (Å²) in [4.78, 5) is 23.6. The Morgan fingerprint density at radius 2 is 1.68 bits per heavy atom. The first-order valence-electron chi connectivity index (χ1n) is 7.88. The number of amides is 2. The predicted molar refractivity (Wildman–Crippen MR) is 104 cm³/mol. The fraction of sp³-hybridized carbons (Fsp3) is 0.211. The van der Waals surface area contributed by atoms with Crippen LogP contribution in [0.5, 0.6) is 0 Å². The third-order valence-electron chi connectivity index (χ3n) is 3.64. The summed E-state index contributed by atoms with van der Waals surface area (Å²) in [7, 11) is 0. The van der Waals surface area contributed by atoms with Gasteiger partial charge in [0.05, 0.1) is 6.21 Å². The summed E-state index contributed by atoms with van der Waals surface area (Å²) in [6, 6.07) is 13.2.